The Morgan fingerprint density at radius 3 is 2.23 bits per heavy atom. The van der Waals surface area contributed by atoms with E-state index in [-0.39, 0.29) is 6.04 Å². The Morgan fingerprint density at radius 1 is 1.38 bits per heavy atom. The van der Waals surface area contributed by atoms with Crippen LogP contribution in [0.2, 0.25) is 5.02 Å². The van der Waals surface area contributed by atoms with Gasteiger partial charge in [-0.3, -0.25) is 0 Å². The second-order valence-corrected chi connectivity index (χ2v) is 4.09. The summed E-state index contributed by atoms with van der Waals surface area (Å²) in [6.07, 6.45) is 0. The van der Waals surface area contributed by atoms with Crippen molar-refractivity contribution in [1.29, 1.82) is 0 Å². The summed E-state index contributed by atoms with van der Waals surface area (Å²) >= 11 is 5.94. The van der Waals surface area contributed by atoms with Crippen LogP contribution >= 0.6 is 11.6 Å². The highest BCUT2D eigenvalue weighted by Crippen LogP contribution is 2.27. The van der Waals surface area contributed by atoms with Crippen molar-refractivity contribution in [2.75, 3.05) is 5.73 Å². The maximum Gasteiger partial charge on any atom is 0.141 e. The molecule has 0 spiro atoms. The highest BCUT2D eigenvalue weighted by atomic mass is 35.5. The lowest BCUT2D eigenvalue weighted by Gasteiger charge is -2.17. The van der Waals surface area contributed by atoms with Crippen molar-refractivity contribution in [1.82, 2.24) is 9.78 Å². The van der Waals surface area contributed by atoms with Crippen LogP contribution in [0.15, 0.2) is 0 Å². The van der Waals surface area contributed by atoms with E-state index in [1.54, 1.807) is 4.68 Å². The Balaban J connectivity index is 3.08. The van der Waals surface area contributed by atoms with Gasteiger partial charge in [0.15, 0.2) is 0 Å². The Labute approximate surface area is 83.9 Å². The fraction of sp³-hybridized carbons (Fsp3) is 0.667. The second-order valence-electron chi connectivity index (χ2n) is 3.71. The number of hydrogen-bond donors (Lipinski definition) is 1. The molecule has 0 aliphatic heterocycles. The van der Waals surface area contributed by atoms with Crippen LogP contribution in [-0.4, -0.2) is 9.78 Å². The Bertz CT molecular complexity index is 304. The normalized spacial score (nSPS) is 13.7. The van der Waals surface area contributed by atoms with E-state index in [0.29, 0.717) is 16.8 Å². The van der Waals surface area contributed by atoms with Gasteiger partial charge in [0.25, 0.3) is 0 Å². The molecule has 1 unspecified atom stereocenters. The number of rotatable bonds is 2. The quantitative estimate of drug-likeness (QED) is 0.800. The Morgan fingerprint density at radius 2 is 1.92 bits per heavy atom. The standard InChI is InChI=1S/C9H16ClN3/c1-5(2)7(4)13-9(11)8(10)6(3)12-13/h5,7H,11H2,1-4H3. The van der Waals surface area contributed by atoms with Crippen molar-refractivity contribution in [3.8, 4) is 0 Å². The predicted octanol–water partition coefficient (Wildman–Crippen LogP) is 2.64. The van der Waals surface area contributed by atoms with Crippen molar-refractivity contribution in [2.45, 2.75) is 33.7 Å². The molecule has 2 N–H and O–H groups in total. The van der Waals surface area contributed by atoms with Crippen LogP contribution in [0.3, 0.4) is 0 Å². The van der Waals surface area contributed by atoms with Crippen LogP contribution in [0.25, 0.3) is 0 Å². The molecule has 0 aromatic carbocycles. The van der Waals surface area contributed by atoms with Crippen LogP contribution in [-0.2, 0) is 0 Å². The van der Waals surface area contributed by atoms with Crippen molar-refractivity contribution in [2.24, 2.45) is 5.92 Å². The molecule has 1 rings (SSSR count). The van der Waals surface area contributed by atoms with E-state index in [2.05, 4.69) is 25.9 Å². The fourth-order valence-electron chi connectivity index (χ4n) is 1.14. The molecule has 0 bridgehead atoms. The van der Waals surface area contributed by atoms with Crippen LogP contribution in [0.4, 0.5) is 5.82 Å². The maximum absolute atomic E-state index is 5.94. The molecule has 74 valence electrons. The molecule has 1 aromatic rings. The summed E-state index contributed by atoms with van der Waals surface area (Å²) in [6, 6.07) is 0.284. The summed E-state index contributed by atoms with van der Waals surface area (Å²) in [4.78, 5) is 0. The van der Waals surface area contributed by atoms with Crippen molar-refractivity contribution < 1.29 is 0 Å². The van der Waals surface area contributed by atoms with Gasteiger partial charge in [-0.1, -0.05) is 25.4 Å². The van der Waals surface area contributed by atoms with E-state index < -0.39 is 0 Å². The molecule has 1 heterocycles. The fourth-order valence-corrected chi connectivity index (χ4v) is 1.26. The summed E-state index contributed by atoms with van der Waals surface area (Å²) in [5.74, 6) is 1.07. The summed E-state index contributed by atoms with van der Waals surface area (Å²) in [5.41, 5.74) is 6.61. The van der Waals surface area contributed by atoms with Gasteiger partial charge in [0.2, 0.25) is 0 Å². The average Bonchev–Trinajstić information content (AvgIpc) is 2.31. The van der Waals surface area contributed by atoms with E-state index in [1.807, 2.05) is 6.92 Å². The average molecular weight is 202 g/mol. The lowest BCUT2D eigenvalue weighted by atomic mass is 10.1. The third-order valence-electron chi connectivity index (χ3n) is 2.40. The van der Waals surface area contributed by atoms with Gasteiger partial charge < -0.3 is 5.73 Å². The van der Waals surface area contributed by atoms with Gasteiger partial charge in [0, 0.05) is 0 Å². The first-order chi connectivity index (χ1) is 5.95. The van der Waals surface area contributed by atoms with Crippen LogP contribution in [0.5, 0.6) is 0 Å². The zero-order chi connectivity index (χ0) is 10.2. The molecule has 0 fully saturated rings. The van der Waals surface area contributed by atoms with E-state index in [9.17, 15) is 0 Å². The number of hydrogen-bond acceptors (Lipinski definition) is 2. The van der Waals surface area contributed by atoms with Crippen molar-refractivity contribution in [3.63, 3.8) is 0 Å². The number of halogens is 1. The molecule has 1 atom stereocenters. The molecule has 0 aliphatic rings. The number of nitrogen functional groups attached to an aromatic ring is 1. The van der Waals surface area contributed by atoms with Gasteiger partial charge in [-0.05, 0) is 19.8 Å². The van der Waals surface area contributed by atoms with E-state index >= 15 is 0 Å². The highest BCUT2D eigenvalue weighted by Gasteiger charge is 2.17. The Kier molecular flexibility index (Phi) is 2.86. The highest BCUT2D eigenvalue weighted by molar-refractivity contribution is 6.33. The zero-order valence-electron chi connectivity index (χ0n) is 8.50. The lowest BCUT2D eigenvalue weighted by Crippen LogP contribution is -2.15. The minimum absolute atomic E-state index is 0.284. The first-order valence-corrected chi connectivity index (χ1v) is 4.83. The van der Waals surface area contributed by atoms with Crippen molar-refractivity contribution >= 4 is 17.4 Å². The van der Waals surface area contributed by atoms with Gasteiger partial charge >= 0.3 is 0 Å². The molecular formula is C9H16ClN3. The molecule has 0 saturated heterocycles. The molecule has 0 radical (unpaired) electrons. The van der Waals surface area contributed by atoms with Crippen LogP contribution in [0, 0.1) is 12.8 Å². The summed E-state index contributed by atoms with van der Waals surface area (Å²) in [5, 5.41) is 4.87. The third kappa shape index (κ3) is 1.80. The van der Waals surface area contributed by atoms with Crippen LogP contribution < -0.4 is 5.73 Å². The smallest absolute Gasteiger partial charge is 0.141 e. The number of aryl methyl sites for hydroxylation is 1. The summed E-state index contributed by atoms with van der Waals surface area (Å²) in [7, 11) is 0. The molecule has 4 heteroatoms. The topological polar surface area (TPSA) is 43.8 Å². The molecular weight excluding hydrogens is 186 g/mol. The van der Waals surface area contributed by atoms with Gasteiger partial charge in [0.05, 0.1) is 11.7 Å². The zero-order valence-corrected chi connectivity index (χ0v) is 9.26. The van der Waals surface area contributed by atoms with E-state index in [1.165, 1.54) is 0 Å². The third-order valence-corrected chi connectivity index (χ3v) is 2.86. The number of nitrogens with zero attached hydrogens (tertiary/aromatic N) is 2. The monoisotopic (exact) mass is 201 g/mol. The second kappa shape index (κ2) is 3.58. The van der Waals surface area contributed by atoms with Crippen LogP contribution in [0.1, 0.15) is 32.5 Å². The van der Waals surface area contributed by atoms with Gasteiger partial charge in [-0.2, -0.15) is 5.10 Å². The number of anilines is 1. The van der Waals surface area contributed by atoms with E-state index in [4.69, 9.17) is 17.3 Å². The summed E-state index contributed by atoms with van der Waals surface area (Å²) in [6.45, 7) is 8.22. The molecule has 13 heavy (non-hydrogen) atoms. The van der Waals surface area contributed by atoms with Crippen molar-refractivity contribution in [3.05, 3.63) is 10.7 Å². The molecule has 0 saturated carbocycles. The maximum atomic E-state index is 5.94. The first kappa shape index (κ1) is 10.4. The minimum Gasteiger partial charge on any atom is -0.383 e. The minimum atomic E-state index is 0.284. The molecule has 1 aromatic heterocycles. The summed E-state index contributed by atoms with van der Waals surface area (Å²) < 4.78 is 1.79. The van der Waals surface area contributed by atoms with Gasteiger partial charge in [0.1, 0.15) is 10.8 Å². The lowest BCUT2D eigenvalue weighted by molar-refractivity contribution is 0.379. The molecule has 3 nitrogen and oxygen atoms in total. The predicted molar refractivity (Wildman–Crippen MR) is 55.9 cm³/mol. The number of nitrogens with two attached hydrogens (primary N) is 1. The SMILES string of the molecule is Cc1nn(C(C)C(C)C)c(N)c1Cl. The van der Waals surface area contributed by atoms with E-state index in [0.717, 1.165) is 5.69 Å². The van der Waals surface area contributed by atoms with Gasteiger partial charge in [-0.15, -0.1) is 0 Å². The molecule has 0 aliphatic carbocycles. The molecule has 0 amide bonds. The first-order valence-electron chi connectivity index (χ1n) is 4.45. The number of aromatic nitrogens is 2. The Hall–Kier alpha value is -0.700. The largest absolute Gasteiger partial charge is 0.383 e. The van der Waals surface area contributed by atoms with Gasteiger partial charge in [-0.25, -0.2) is 4.68 Å².